The quantitative estimate of drug-likeness (QED) is 0.684. The third-order valence-corrected chi connectivity index (χ3v) is 4.58. The monoisotopic (exact) mass is 386 g/mol. The molecule has 1 saturated heterocycles. The maximum Gasteiger partial charge on any atom is 0.313 e. The number of nitrogens with one attached hydrogen (secondary N) is 2. The third-order valence-electron chi connectivity index (χ3n) is 4.58. The molecule has 28 heavy (non-hydrogen) atoms. The van der Waals surface area contributed by atoms with Crippen molar-refractivity contribution in [3.8, 4) is 0 Å². The van der Waals surface area contributed by atoms with Crippen LogP contribution in [-0.2, 0) is 9.59 Å². The van der Waals surface area contributed by atoms with Crippen molar-refractivity contribution >= 4 is 23.3 Å². The number of carbonyl (C=O) groups excluding carboxylic acids is 2. The smallest absolute Gasteiger partial charge is 0.313 e. The molecule has 1 aliphatic heterocycles. The Morgan fingerprint density at radius 3 is 2.61 bits per heavy atom. The zero-order valence-corrected chi connectivity index (χ0v) is 15.4. The minimum absolute atomic E-state index is 0.206. The summed E-state index contributed by atoms with van der Waals surface area (Å²) in [7, 11) is 0. The number of pyridine rings is 1. The molecular weight excluding hydrogens is 363 g/mol. The van der Waals surface area contributed by atoms with Crippen molar-refractivity contribution in [2.75, 3.05) is 29.9 Å². The molecule has 1 aliphatic rings. The lowest BCUT2D eigenvalue weighted by Crippen LogP contribution is -2.37. The van der Waals surface area contributed by atoms with E-state index in [-0.39, 0.29) is 6.54 Å². The molecule has 1 fully saturated rings. The fraction of sp³-hybridized carbons (Fsp3) is 0.350. The molecule has 2 amide bonds. The highest BCUT2D eigenvalue weighted by atomic mass is 19.1. The molecule has 2 heterocycles. The summed E-state index contributed by atoms with van der Waals surface area (Å²) in [6.07, 6.45) is 3.91. The van der Waals surface area contributed by atoms with Gasteiger partial charge in [0.25, 0.3) is 0 Å². The number of aliphatic hydroxyl groups is 1. The van der Waals surface area contributed by atoms with Gasteiger partial charge in [-0.1, -0.05) is 12.1 Å². The number of piperidine rings is 1. The molecule has 1 aromatic carbocycles. The molecule has 0 bridgehead atoms. The Labute approximate surface area is 162 Å². The standard InChI is InChI=1S/C20H23FN4O3/c21-15-6-4-5-14(11-15)17(26)13-23-19(27)20(28)24-16-7-8-18(22-12-16)25-9-2-1-3-10-25/h4-8,11-12,17,26H,1-3,9-10,13H2,(H,23,27)(H,24,28). The van der Waals surface area contributed by atoms with Crippen molar-refractivity contribution in [3.63, 3.8) is 0 Å². The molecule has 7 nitrogen and oxygen atoms in total. The van der Waals surface area contributed by atoms with Gasteiger partial charge in [0.2, 0.25) is 0 Å². The predicted molar refractivity (Wildman–Crippen MR) is 103 cm³/mol. The van der Waals surface area contributed by atoms with Crippen LogP contribution in [0.25, 0.3) is 0 Å². The van der Waals surface area contributed by atoms with Crippen LogP contribution in [0.2, 0.25) is 0 Å². The Balaban J connectivity index is 1.49. The molecule has 2 aromatic rings. The molecule has 1 atom stereocenters. The van der Waals surface area contributed by atoms with E-state index >= 15 is 0 Å². The van der Waals surface area contributed by atoms with Gasteiger partial charge in [-0.2, -0.15) is 0 Å². The zero-order valence-electron chi connectivity index (χ0n) is 15.4. The van der Waals surface area contributed by atoms with Crippen LogP contribution in [0.5, 0.6) is 0 Å². The van der Waals surface area contributed by atoms with Gasteiger partial charge in [-0.3, -0.25) is 9.59 Å². The van der Waals surface area contributed by atoms with Gasteiger partial charge >= 0.3 is 11.8 Å². The number of aliphatic hydroxyl groups excluding tert-OH is 1. The maximum atomic E-state index is 13.2. The second kappa shape index (κ2) is 9.27. The first-order chi connectivity index (χ1) is 13.5. The lowest BCUT2D eigenvalue weighted by Gasteiger charge is -2.27. The normalized spacial score (nSPS) is 15.0. The van der Waals surface area contributed by atoms with Crippen molar-refractivity contribution < 1.29 is 19.1 Å². The van der Waals surface area contributed by atoms with Crippen molar-refractivity contribution in [2.45, 2.75) is 25.4 Å². The van der Waals surface area contributed by atoms with Crippen LogP contribution in [0, 0.1) is 5.82 Å². The first-order valence-electron chi connectivity index (χ1n) is 9.26. The highest BCUT2D eigenvalue weighted by Gasteiger charge is 2.17. The van der Waals surface area contributed by atoms with Crippen LogP contribution in [0.1, 0.15) is 30.9 Å². The number of hydrogen-bond acceptors (Lipinski definition) is 5. The summed E-state index contributed by atoms with van der Waals surface area (Å²) >= 11 is 0. The molecule has 0 spiro atoms. The van der Waals surface area contributed by atoms with E-state index in [0.717, 1.165) is 31.7 Å². The van der Waals surface area contributed by atoms with Crippen LogP contribution in [0.3, 0.4) is 0 Å². The summed E-state index contributed by atoms with van der Waals surface area (Å²) in [5.74, 6) is -1.39. The van der Waals surface area contributed by atoms with Gasteiger partial charge in [0.05, 0.1) is 18.0 Å². The molecule has 0 aliphatic carbocycles. The lowest BCUT2D eigenvalue weighted by atomic mass is 10.1. The number of nitrogens with zero attached hydrogens (tertiary/aromatic N) is 2. The van der Waals surface area contributed by atoms with E-state index in [1.54, 1.807) is 6.07 Å². The second-order valence-electron chi connectivity index (χ2n) is 6.69. The zero-order chi connectivity index (χ0) is 19.9. The average Bonchev–Trinajstić information content (AvgIpc) is 2.73. The molecule has 0 radical (unpaired) electrons. The van der Waals surface area contributed by atoms with Crippen LogP contribution in [0.4, 0.5) is 15.9 Å². The van der Waals surface area contributed by atoms with Gasteiger partial charge in [-0.15, -0.1) is 0 Å². The minimum atomic E-state index is -1.11. The minimum Gasteiger partial charge on any atom is -0.387 e. The summed E-state index contributed by atoms with van der Waals surface area (Å²) in [6.45, 7) is 1.73. The highest BCUT2D eigenvalue weighted by molar-refractivity contribution is 6.39. The van der Waals surface area contributed by atoms with Gasteiger partial charge in [-0.05, 0) is 49.1 Å². The largest absolute Gasteiger partial charge is 0.387 e. The predicted octanol–water partition coefficient (Wildman–Crippen LogP) is 2.00. The number of halogens is 1. The Kier molecular flexibility index (Phi) is 6.54. The third kappa shape index (κ3) is 5.26. The van der Waals surface area contributed by atoms with E-state index in [1.807, 2.05) is 6.07 Å². The van der Waals surface area contributed by atoms with Gasteiger partial charge in [0.1, 0.15) is 11.6 Å². The number of amides is 2. The number of hydrogen-bond donors (Lipinski definition) is 3. The van der Waals surface area contributed by atoms with Crippen molar-refractivity contribution in [3.05, 3.63) is 54.0 Å². The average molecular weight is 386 g/mol. The maximum absolute atomic E-state index is 13.2. The fourth-order valence-corrected chi connectivity index (χ4v) is 3.06. The summed E-state index contributed by atoms with van der Waals surface area (Å²) in [5, 5.41) is 14.8. The first-order valence-corrected chi connectivity index (χ1v) is 9.26. The molecule has 3 rings (SSSR count). The summed E-state index contributed by atoms with van der Waals surface area (Å²) in [6, 6.07) is 8.94. The SMILES string of the molecule is O=C(NCC(O)c1cccc(F)c1)C(=O)Nc1ccc(N2CCCCC2)nc1. The van der Waals surface area contributed by atoms with Gasteiger partial charge in [0.15, 0.2) is 0 Å². The molecule has 148 valence electrons. The van der Waals surface area contributed by atoms with E-state index in [4.69, 9.17) is 0 Å². The molecule has 1 aromatic heterocycles. The Hall–Kier alpha value is -3.00. The van der Waals surface area contributed by atoms with Crippen LogP contribution in [0.15, 0.2) is 42.6 Å². The number of rotatable bonds is 5. The van der Waals surface area contributed by atoms with E-state index in [9.17, 15) is 19.1 Å². The van der Waals surface area contributed by atoms with Crippen LogP contribution >= 0.6 is 0 Å². The Morgan fingerprint density at radius 1 is 1.14 bits per heavy atom. The van der Waals surface area contributed by atoms with E-state index in [2.05, 4.69) is 20.5 Å². The van der Waals surface area contributed by atoms with E-state index in [0.29, 0.717) is 11.3 Å². The summed E-state index contributed by atoms with van der Waals surface area (Å²) in [4.78, 5) is 30.5. The molecular formula is C20H23FN4O3. The molecule has 1 unspecified atom stereocenters. The fourth-order valence-electron chi connectivity index (χ4n) is 3.06. The number of anilines is 2. The first kappa shape index (κ1) is 19.8. The Bertz CT molecular complexity index is 822. The molecule has 0 saturated carbocycles. The Morgan fingerprint density at radius 2 is 1.93 bits per heavy atom. The second-order valence-corrected chi connectivity index (χ2v) is 6.69. The molecule has 8 heteroatoms. The highest BCUT2D eigenvalue weighted by Crippen LogP contribution is 2.19. The van der Waals surface area contributed by atoms with E-state index in [1.165, 1.54) is 36.9 Å². The summed E-state index contributed by atoms with van der Waals surface area (Å²) in [5.41, 5.74) is 0.727. The van der Waals surface area contributed by atoms with Gasteiger partial charge < -0.3 is 20.6 Å². The van der Waals surface area contributed by atoms with Gasteiger partial charge in [-0.25, -0.2) is 9.37 Å². The number of benzene rings is 1. The number of aromatic nitrogens is 1. The van der Waals surface area contributed by atoms with Crippen molar-refractivity contribution in [2.24, 2.45) is 0 Å². The van der Waals surface area contributed by atoms with Gasteiger partial charge in [0, 0.05) is 19.6 Å². The van der Waals surface area contributed by atoms with E-state index < -0.39 is 23.7 Å². The van der Waals surface area contributed by atoms with Crippen molar-refractivity contribution in [1.82, 2.24) is 10.3 Å². The van der Waals surface area contributed by atoms with Crippen LogP contribution in [-0.4, -0.2) is 41.5 Å². The topological polar surface area (TPSA) is 94.6 Å². The van der Waals surface area contributed by atoms with Crippen molar-refractivity contribution in [1.29, 1.82) is 0 Å². The summed E-state index contributed by atoms with van der Waals surface area (Å²) < 4.78 is 13.2. The molecule has 3 N–H and O–H groups in total. The number of carbonyl (C=O) groups is 2. The lowest BCUT2D eigenvalue weighted by molar-refractivity contribution is -0.136. The van der Waals surface area contributed by atoms with Crippen LogP contribution < -0.4 is 15.5 Å².